The minimum Gasteiger partial charge on any atom is -0.616 e. The Morgan fingerprint density at radius 1 is 1.16 bits per heavy atom. The number of hydrogen-bond donors (Lipinski definition) is 1. The Bertz CT molecular complexity index is 1000. The highest BCUT2D eigenvalue weighted by Gasteiger charge is 2.39. The zero-order chi connectivity index (χ0) is 22.9. The maximum atomic E-state index is 14.3. The first-order valence-electron chi connectivity index (χ1n) is 8.80. The average Bonchev–Trinajstić information content (AvgIpc) is 2.63. The zero-order valence-electron chi connectivity index (χ0n) is 15.5. The number of alkyl halides is 3. The summed E-state index contributed by atoms with van der Waals surface area (Å²) >= 11 is 10.2. The quantitative estimate of drug-likeness (QED) is 0.337. The van der Waals surface area contributed by atoms with Gasteiger partial charge < -0.3 is 9.87 Å². The summed E-state index contributed by atoms with van der Waals surface area (Å²) in [5.41, 5.74) is -0.582. The van der Waals surface area contributed by atoms with Crippen LogP contribution in [0.5, 0.6) is 0 Å². The molecule has 1 unspecified atom stereocenters. The van der Waals surface area contributed by atoms with Crippen molar-refractivity contribution in [2.24, 2.45) is 0 Å². The number of carbonyl (C=O) groups is 1. The van der Waals surface area contributed by atoms with Gasteiger partial charge in [-0.15, -0.1) is 0 Å². The number of halogens is 7. The highest BCUT2D eigenvalue weighted by Crippen LogP contribution is 2.39. The lowest BCUT2D eigenvalue weighted by Gasteiger charge is -2.29. The van der Waals surface area contributed by atoms with Gasteiger partial charge in [0.2, 0.25) is 0 Å². The van der Waals surface area contributed by atoms with E-state index in [1.54, 1.807) is 0 Å². The van der Waals surface area contributed by atoms with E-state index in [1.165, 1.54) is 6.07 Å². The molecule has 0 aliphatic carbocycles. The maximum Gasteiger partial charge on any atom is 0.399 e. The summed E-state index contributed by atoms with van der Waals surface area (Å²) in [6.45, 7) is 0. The van der Waals surface area contributed by atoms with E-state index in [0.717, 1.165) is 36.4 Å². The lowest BCUT2D eigenvalue weighted by atomic mass is 9.96. The molecule has 1 aliphatic heterocycles. The zero-order valence-corrected chi connectivity index (χ0v) is 17.8. The van der Waals surface area contributed by atoms with Crippen LogP contribution in [-0.2, 0) is 11.2 Å². The summed E-state index contributed by atoms with van der Waals surface area (Å²) in [5.74, 6) is -4.22. The second kappa shape index (κ2) is 9.36. The van der Waals surface area contributed by atoms with E-state index in [0.29, 0.717) is 11.5 Å². The van der Waals surface area contributed by atoms with Crippen LogP contribution >= 0.6 is 23.2 Å². The average molecular weight is 498 g/mol. The van der Waals surface area contributed by atoms with Gasteiger partial charge in [0.05, 0.1) is 21.5 Å². The molecule has 0 aromatic heterocycles. The van der Waals surface area contributed by atoms with Gasteiger partial charge in [0.1, 0.15) is 23.4 Å². The van der Waals surface area contributed by atoms with Crippen LogP contribution in [0.2, 0.25) is 10.0 Å². The predicted molar refractivity (Wildman–Crippen MR) is 110 cm³/mol. The van der Waals surface area contributed by atoms with Gasteiger partial charge >= 0.3 is 6.18 Å². The second-order valence-electron chi connectivity index (χ2n) is 6.86. The third-order valence-electron chi connectivity index (χ3n) is 4.55. The Morgan fingerprint density at radius 3 is 2.29 bits per heavy atom. The Hall–Kier alpha value is -1.81. The molecule has 0 spiro atoms. The van der Waals surface area contributed by atoms with E-state index in [2.05, 4.69) is 5.32 Å². The van der Waals surface area contributed by atoms with Gasteiger partial charge in [-0.05, 0) is 46.6 Å². The molecule has 1 fully saturated rings. The first-order valence-corrected chi connectivity index (χ1v) is 11.0. The highest BCUT2D eigenvalue weighted by molar-refractivity contribution is 7.92. The summed E-state index contributed by atoms with van der Waals surface area (Å²) in [7, 11) is 0. The Kier molecular flexibility index (Phi) is 7.20. The third-order valence-corrected chi connectivity index (χ3v) is 6.64. The van der Waals surface area contributed by atoms with Crippen LogP contribution in [0, 0.1) is 11.6 Å². The molecule has 31 heavy (non-hydrogen) atoms. The van der Waals surface area contributed by atoms with E-state index < -0.39 is 50.9 Å². The molecule has 2 aromatic rings. The van der Waals surface area contributed by atoms with Gasteiger partial charge in [-0.2, -0.15) is 13.2 Å². The van der Waals surface area contributed by atoms with Crippen LogP contribution in [0.4, 0.5) is 22.0 Å². The van der Waals surface area contributed by atoms with Crippen molar-refractivity contribution in [2.75, 3.05) is 11.5 Å². The van der Waals surface area contributed by atoms with Crippen molar-refractivity contribution >= 4 is 46.4 Å². The fraction of sp³-hybridized carbons (Fsp3) is 0.250. The molecule has 1 amide bonds. The van der Waals surface area contributed by atoms with Gasteiger partial charge in [-0.3, -0.25) is 4.79 Å². The Morgan fingerprint density at radius 2 is 1.77 bits per heavy atom. The van der Waals surface area contributed by atoms with Crippen LogP contribution in [0.15, 0.2) is 36.4 Å². The first kappa shape index (κ1) is 23.8. The molecule has 166 valence electrons. The van der Waals surface area contributed by atoms with Crippen LogP contribution < -0.4 is 5.32 Å². The molecule has 3 rings (SSSR count). The summed E-state index contributed by atoms with van der Waals surface area (Å²) in [5, 5.41) is 1.43. The standard InChI is InChI=1S/C20H14Cl2F5NO2S/c21-15-6-11(7-16(22)18(15)24)14(20(25,26)27)4-2-10-1-3-13(17(23)5-10)19(29)28-12-8-31(30)9-12/h1-7,12,14H,8-9H2,(H,28,29)/b4-2+. The normalized spacial score (nSPS) is 19.9. The van der Waals surface area contributed by atoms with E-state index in [9.17, 15) is 31.3 Å². The van der Waals surface area contributed by atoms with Gasteiger partial charge in [-0.25, -0.2) is 8.78 Å². The lowest BCUT2D eigenvalue weighted by Crippen LogP contribution is -2.53. The summed E-state index contributed by atoms with van der Waals surface area (Å²) < 4.78 is 79.5. The third kappa shape index (κ3) is 5.71. The molecule has 1 aliphatic rings. The second-order valence-corrected chi connectivity index (χ2v) is 9.22. The summed E-state index contributed by atoms with van der Waals surface area (Å²) in [4.78, 5) is 12.1. The Labute approximate surface area is 187 Å². The molecule has 1 atom stereocenters. The first-order chi connectivity index (χ1) is 14.5. The van der Waals surface area contributed by atoms with Crippen molar-refractivity contribution in [1.29, 1.82) is 0 Å². The van der Waals surface area contributed by atoms with Crippen molar-refractivity contribution in [3.05, 3.63) is 74.8 Å². The van der Waals surface area contributed by atoms with Gasteiger partial charge in [-0.1, -0.05) is 41.4 Å². The number of rotatable bonds is 5. The van der Waals surface area contributed by atoms with Crippen molar-refractivity contribution in [2.45, 2.75) is 18.1 Å². The summed E-state index contributed by atoms with van der Waals surface area (Å²) in [6, 6.07) is 4.70. The molecule has 0 radical (unpaired) electrons. The number of carbonyl (C=O) groups excluding carboxylic acids is 1. The minimum atomic E-state index is -4.75. The van der Waals surface area contributed by atoms with Crippen molar-refractivity contribution in [3.8, 4) is 0 Å². The van der Waals surface area contributed by atoms with Crippen LogP contribution in [0.3, 0.4) is 0 Å². The van der Waals surface area contributed by atoms with Crippen molar-refractivity contribution in [1.82, 2.24) is 5.32 Å². The molecule has 0 bridgehead atoms. The molecule has 11 heteroatoms. The van der Waals surface area contributed by atoms with Crippen molar-refractivity contribution < 1.29 is 31.3 Å². The van der Waals surface area contributed by atoms with Crippen LogP contribution in [-0.4, -0.2) is 34.2 Å². The number of allylic oxidation sites excluding steroid dienone is 1. The number of amides is 1. The van der Waals surface area contributed by atoms with Gasteiger partial charge in [0.25, 0.3) is 5.91 Å². The number of nitrogens with one attached hydrogen (secondary N) is 1. The fourth-order valence-electron chi connectivity index (χ4n) is 2.94. The number of hydrogen-bond acceptors (Lipinski definition) is 2. The van der Waals surface area contributed by atoms with E-state index in [-0.39, 0.29) is 22.7 Å². The Balaban J connectivity index is 1.81. The largest absolute Gasteiger partial charge is 0.616 e. The number of benzene rings is 2. The lowest BCUT2D eigenvalue weighted by molar-refractivity contribution is -0.139. The van der Waals surface area contributed by atoms with E-state index in [1.807, 2.05) is 0 Å². The molecular weight excluding hydrogens is 484 g/mol. The van der Waals surface area contributed by atoms with Crippen molar-refractivity contribution in [3.63, 3.8) is 0 Å². The molecule has 1 N–H and O–H groups in total. The summed E-state index contributed by atoms with van der Waals surface area (Å²) in [6.07, 6.45) is -2.95. The van der Waals surface area contributed by atoms with Gasteiger partial charge in [0.15, 0.2) is 5.82 Å². The fourth-order valence-corrected chi connectivity index (χ4v) is 4.41. The SMILES string of the molecule is O=C(NC1C[S+]([O-])C1)c1ccc(/C=C/C(c2cc(Cl)c(F)c(Cl)c2)C(F)(F)F)cc1F. The minimum absolute atomic E-state index is 0.0763. The van der Waals surface area contributed by atoms with E-state index in [4.69, 9.17) is 23.2 Å². The van der Waals surface area contributed by atoms with Gasteiger partial charge in [0, 0.05) is 0 Å². The smallest absolute Gasteiger partial charge is 0.399 e. The topological polar surface area (TPSA) is 52.2 Å². The van der Waals surface area contributed by atoms with E-state index >= 15 is 0 Å². The monoisotopic (exact) mass is 497 g/mol. The van der Waals surface area contributed by atoms with Crippen LogP contribution in [0.25, 0.3) is 6.08 Å². The molecule has 1 saturated heterocycles. The molecule has 1 heterocycles. The molecular formula is C20H14Cl2F5NO2S. The predicted octanol–water partition coefficient (Wildman–Crippen LogP) is 5.49. The highest BCUT2D eigenvalue weighted by atomic mass is 35.5. The molecule has 3 nitrogen and oxygen atoms in total. The van der Waals surface area contributed by atoms with Crippen LogP contribution in [0.1, 0.15) is 27.4 Å². The molecule has 0 saturated carbocycles. The molecule has 2 aromatic carbocycles. The maximum absolute atomic E-state index is 14.3.